The van der Waals surface area contributed by atoms with Crippen LogP contribution in [0.15, 0.2) is 18.2 Å². The van der Waals surface area contributed by atoms with Crippen LogP contribution in [0.2, 0.25) is 0 Å². The summed E-state index contributed by atoms with van der Waals surface area (Å²) in [7, 11) is 0. The van der Waals surface area contributed by atoms with Crippen LogP contribution in [0.5, 0.6) is 5.75 Å². The molecule has 0 saturated heterocycles. The van der Waals surface area contributed by atoms with Crippen LogP contribution in [0.25, 0.3) is 0 Å². The van der Waals surface area contributed by atoms with Crippen molar-refractivity contribution in [3.63, 3.8) is 0 Å². The Kier molecular flexibility index (Phi) is 3.22. The second kappa shape index (κ2) is 4.64. The molecular formula is C13H20N2O. The smallest absolute Gasteiger partial charge is 0.144 e. The van der Waals surface area contributed by atoms with E-state index in [1.54, 1.807) is 0 Å². The average Bonchev–Trinajstić information content (AvgIpc) is 2.28. The topological polar surface area (TPSA) is 33.3 Å². The molecule has 1 aromatic carbocycles. The van der Waals surface area contributed by atoms with Crippen molar-refractivity contribution >= 4 is 11.4 Å². The minimum Gasteiger partial charge on any atom is -0.489 e. The van der Waals surface area contributed by atoms with Crippen molar-refractivity contribution in [2.24, 2.45) is 0 Å². The van der Waals surface area contributed by atoms with Gasteiger partial charge in [-0.25, -0.2) is 0 Å². The van der Waals surface area contributed by atoms with E-state index >= 15 is 0 Å². The molecule has 1 aliphatic rings. The minimum absolute atomic E-state index is 0.206. The van der Waals surface area contributed by atoms with Gasteiger partial charge in [0.15, 0.2) is 0 Å². The zero-order valence-corrected chi connectivity index (χ0v) is 10.2. The Balaban J connectivity index is 2.24. The van der Waals surface area contributed by atoms with Gasteiger partial charge in [0.2, 0.25) is 0 Å². The molecule has 1 heterocycles. The van der Waals surface area contributed by atoms with E-state index in [0.29, 0.717) is 6.04 Å². The maximum absolute atomic E-state index is 5.78. The summed E-state index contributed by atoms with van der Waals surface area (Å²) < 4.78 is 5.78. The molecule has 3 heteroatoms. The van der Waals surface area contributed by atoms with Crippen molar-refractivity contribution in [1.82, 2.24) is 0 Å². The summed E-state index contributed by atoms with van der Waals surface area (Å²) in [6.07, 6.45) is 1.33. The fourth-order valence-corrected chi connectivity index (χ4v) is 1.93. The maximum Gasteiger partial charge on any atom is 0.144 e. The third-order valence-electron chi connectivity index (χ3n) is 2.77. The molecule has 2 N–H and O–H groups in total. The molecule has 0 aromatic heterocycles. The Labute approximate surface area is 97.2 Å². The first-order valence-corrected chi connectivity index (χ1v) is 6.00. The molecule has 16 heavy (non-hydrogen) atoms. The quantitative estimate of drug-likeness (QED) is 0.821. The van der Waals surface area contributed by atoms with Gasteiger partial charge in [0.05, 0.1) is 11.8 Å². The minimum atomic E-state index is 0.206. The van der Waals surface area contributed by atoms with E-state index in [1.165, 1.54) is 0 Å². The van der Waals surface area contributed by atoms with Gasteiger partial charge in [-0.05, 0) is 32.4 Å². The molecular weight excluding hydrogens is 200 g/mol. The fourth-order valence-electron chi connectivity index (χ4n) is 1.93. The van der Waals surface area contributed by atoms with Crippen LogP contribution in [-0.4, -0.2) is 18.7 Å². The monoisotopic (exact) mass is 220 g/mol. The lowest BCUT2D eigenvalue weighted by Crippen LogP contribution is -2.32. The van der Waals surface area contributed by atoms with Crippen molar-refractivity contribution in [3.05, 3.63) is 18.2 Å². The summed E-state index contributed by atoms with van der Waals surface area (Å²) in [6.45, 7) is 7.25. The van der Waals surface area contributed by atoms with Crippen LogP contribution < -0.4 is 15.4 Å². The highest BCUT2D eigenvalue weighted by Crippen LogP contribution is 2.36. The molecule has 2 rings (SSSR count). The molecule has 0 spiro atoms. The van der Waals surface area contributed by atoms with Crippen molar-refractivity contribution in [2.45, 2.75) is 39.3 Å². The summed E-state index contributed by atoms with van der Waals surface area (Å²) >= 11 is 0. The molecule has 0 saturated carbocycles. The Morgan fingerprint density at radius 2 is 2.25 bits per heavy atom. The second-order valence-corrected chi connectivity index (χ2v) is 4.48. The predicted octanol–water partition coefficient (Wildman–Crippen LogP) is 3.09. The molecule has 1 aromatic rings. The van der Waals surface area contributed by atoms with Gasteiger partial charge in [-0.3, -0.25) is 0 Å². The summed E-state index contributed by atoms with van der Waals surface area (Å²) in [5.41, 5.74) is 2.25. The zero-order valence-electron chi connectivity index (χ0n) is 10.2. The van der Waals surface area contributed by atoms with Crippen LogP contribution in [-0.2, 0) is 0 Å². The third-order valence-corrected chi connectivity index (χ3v) is 2.77. The summed E-state index contributed by atoms with van der Waals surface area (Å²) in [6, 6.07) is 6.65. The second-order valence-electron chi connectivity index (χ2n) is 4.48. The number of nitrogens with one attached hydrogen (secondary N) is 2. The number of anilines is 2. The molecule has 1 atom stereocenters. The predicted molar refractivity (Wildman–Crippen MR) is 68.4 cm³/mol. The lowest BCUT2D eigenvalue weighted by atomic mass is 10.1. The highest BCUT2D eigenvalue weighted by Gasteiger charge is 2.18. The largest absolute Gasteiger partial charge is 0.489 e. The van der Waals surface area contributed by atoms with E-state index in [0.717, 1.165) is 30.1 Å². The molecule has 0 radical (unpaired) electrons. The van der Waals surface area contributed by atoms with E-state index in [2.05, 4.69) is 23.6 Å². The van der Waals surface area contributed by atoms with E-state index < -0.39 is 0 Å². The fraction of sp³-hybridized carbons (Fsp3) is 0.538. The van der Waals surface area contributed by atoms with Gasteiger partial charge < -0.3 is 15.4 Å². The highest BCUT2D eigenvalue weighted by atomic mass is 16.5. The molecule has 0 aliphatic carbocycles. The SMILES string of the molecule is CCC1CNc2c(cccc2OC(C)C)N1. The Morgan fingerprint density at radius 1 is 1.44 bits per heavy atom. The number of hydrogen-bond acceptors (Lipinski definition) is 3. The van der Waals surface area contributed by atoms with E-state index in [1.807, 2.05) is 26.0 Å². The molecule has 88 valence electrons. The van der Waals surface area contributed by atoms with E-state index in [4.69, 9.17) is 4.74 Å². The maximum atomic E-state index is 5.78. The summed E-state index contributed by atoms with van der Waals surface area (Å²) in [4.78, 5) is 0. The van der Waals surface area contributed by atoms with Gasteiger partial charge in [0.1, 0.15) is 11.4 Å². The number of rotatable bonds is 3. The van der Waals surface area contributed by atoms with Crippen LogP contribution >= 0.6 is 0 Å². The van der Waals surface area contributed by atoms with Crippen molar-refractivity contribution in [2.75, 3.05) is 17.2 Å². The van der Waals surface area contributed by atoms with Crippen molar-refractivity contribution < 1.29 is 4.74 Å². The van der Waals surface area contributed by atoms with Gasteiger partial charge in [0, 0.05) is 12.6 Å². The lowest BCUT2D eigenvalue weighted by Gasteiger charge is -2.29. The number of fused-ring (bicyclic) bond motifs is 1. The first kappa shape index (κ1) is 11.1. The van der Waals surface area contributed by atoms with Crippen LogP contribution in [0.3, 0.4) is 0 Å². The number of hydrogen-bond donors (Lipinski definition) is 2. The first-order valence-electron chi connectivity index (χ1n) is 6.00. The highest BCUT2D eigenvalue weighted by molar-refractivity contribution is 5.77. The lowest BCUT2D eigenvalue weighted by molar-refractivity contribution is 0.243. The number of ether oxygens (including phenoxy) is 1. The Bertz CT molecular complexity index is 363. The number of benzene rings is 1. The third kappa shape index (κ3) is 2.23. The van der Waals surface area contributed by atoms with E-state index in [-0.39, 0.29) is 6.10 Å². The van der Waals surface area contributed by atoms with Gasteiger partial charge in [0.25, 0.3) is 0 Å². The Hall–Kier alpha value is -1.38. The summed E-state index contributed by atoms with van der Waals surface area (Å²) in [5, 5.41) is 6.97. The molecule has 0 bridgehead atoms. The first-order chi connectivity index (χ1) is 7.70. The van der Waals surface area contributed by atoms with Crippen LogP contribution in [0.1, 0.15) is 27.2 Å². The number of para-hydroxylation sites is 1. The van der Waals surface area contributed by atoms with Gasteiger partial charge in [-0.1, -0.05) is 13.0 Å². The van der Waals surface area contributed by atoms with Crippen LogP contribution in [0, 0.1) is 0 Å². The van der Waals surface area contributed by atoms with Crippen molar-refractivity contribution in [1.29, 1.82) is 0 Å². The molecule has 0 amide bonds. The molecule has 1 aliphatic heterocycles. The normalized spacial score (nSPS) is 18.6. The molecule has 1 unspecified atom stereocenters. The van der Waals surface area contributed by atoms with E-state index in [9.17, 15) is 0 Å². The summed E-state index contributed by atoms with van der Waals surface area (Å²) in [5.74, 6) is 0.939. The molecule has 0 fully saturated rings. The van der Waals surface area contributed by atoms with Crippen molar-refractivity contribution in [3.8, 4) is 5.75 Å². The molecule has 3 nitrogen and oxygen atoms in total. The average molecular weight is 220 g/mol. The van der Waals surface area contributed by atoms with Gasteiger partial charge >= 0.3 is 0 Å². The zero-order chi connectivity index (χ0) is 11.5. The standard InChI is InChI=1S/C13H20N2O/c1-4-10-8-14-13-11(15-10)6-5-7-12(13)16-9(2)3/h5-7,9-10,14-15H,4,8H2,1-3H3. The van der Waals surface area contributed by atoms with Gasteiger partial charge in [-0.15, -0.1) is 0 Å². The van der Waals surface area contributed by atoms with Gasteiger partial charge in [-0.2, -0.15) is 0 Å². The van der Waals surface area contributed by atoms with Crippen LogP contribution in [0.4, 0.5) is 11.4 Å². The Morgan fingerprint density at radius 3 is 2.94 bits per heavy atom.